The van der Waals surface area contributed by atoms with Crippen LogP contribution in [0, 0.1) is 35.5 Å². The normalized spacial score (nSPS) is 25.6. The number of aliphatic hydroxyl groups excluding tert-OH is 4. The zero-order valence-electron chi connectivity index (χ0n) is 29.8. The van der Waals surface area contributed by atoms with Crippen LogP contribution >= 0.6 is 21.6 Å². The van der Waals surface area contributed by atoms with Crippen molar-refractivity contribution in [1.82, 2.24) is 0 Å². The molecule has 2 aliphatic rings. The molecule has 278 valence electrons. The molecule has 1 heterocycles. The molecule has 1 aliphatic heterocycles. The van der Waals surface area contributed by atoms with Crippen molar-refractivity contribution in [3.05, 3.63) is 82.9 Å². The number of fused-ring (bicyclic) bond motifs is 1. The van der Waals surface area contributed by atoms with E-state index in [0.717, 1.165) is 74.9 Å². The summed E-state index contributed by atoms with van der Waals surface area (Å²) in [5.41, 5.74) is 10.8. The zero-order chi connectivity index (χ0) is 35.9. The minimum absolute atomic E-state index is 0.00786. The second-order valence-electron chi connectivity index (χ2n) is 14.8. The number of aliphatic carboxylic acids is 1. The highest BCUT2D eigenvalue weighted by molar-refractivity contribution is 8.76. The van der Waals surface area contributed by atoms with E-state index in [4.69, 9.17) is 5.73 Å². The van der Waals surface area contributed by atoms with Gasteiger partial charge in [0.05, 0.1) is 30.8 Å². The summed E-state index contributed by atoms with van der Waals surface area (Å²) in [5.74, 6) is 0.332. The standard InChI is InChI=1S/C41H61NO6S2/c1-28(44)39(41(47)48)37-20-19-31-11-5-6-14-35(31)26-49-50-27-36(24-29-9-7-10-30(23-29)25-43)32(17-18-33(37)21-22-42)15-8-16-38(45)40(46)34-12-3-2-4-13-34/h5-11,14,16,23,28,32-34,36-40,43-46H,2-4,12-13,15,17-22,24-27,42H2,1H3,(H,47,48)/t28-,32+,33+,36-,37-,38-,39-,40+/m0/s1. The minimum Gasteiger partial charge on any atom is -0.481 e. The summed E-state index contributed by atoms with van der Waals surface area (Å²) in [6, 6.07) is 16.6. The van der Waals surface area contributed by atoms with E-state index in [1.807, 2.05) is 33.7 Å². The molecule has 50 heavy (non-hydrogen) atoms. The fraction of sp³-hybridized carbons (Fsp3) is 0.634. The number of nitrogens with two attached hydrogens (primary N) is 1. The number of carboxylic acids is 1. The summed E-state index contributed by atoms with van der Waals surface area (Å²) in [6.07, 6.45) is 11.8. The number of rotatable bonds is 13. The molecule has 1 fully saturated rings. The predicted molar refractivity (Wildman–Crippen MR) is 207 cm³/mol. The van der Waals surface area contributed by atoms with Gasteiger partial charge in [-0.25, -0.2) is 0 Å². The molecule has 0 amide bonds. The molecule has 0 spiro atoms. The maximum atomic E-state index is 12.7. The lowest BCUT2D eigenvalue weighted by Crippen LogP contribution is -2.38. The first-order valence-electron chi connectivity index (χ1n) is 18.8. The molecule has 0 radical (unpaired) electrons. The average molecular weight is 728 g/mol. The second kappa shape index (κ2) is 21.6. The third kappa shape index (κ3) is 12.4. The molecule has 2 aromatic carbocycles. The highest BCUT2D eigenvalue weighted by Gasteiger charge is 2.37. The van der Waals surface area contributed by atoms with Crippen LogP contribution in [-0.4, -0.2) is 62.1 Å². The van der Waals surface area contributed by atoms with E-state index in [1.54, 1.807) is 13.0 Å². The lowest BCUT2D eigenvalue weighted by atomic mass is 9.71. The van der Waals surface area contributed by atoms with E-state index in [2.05, 4.69) is 42.5 Å². The molecule has 0 saturated heterocycles. The molecule has 7 N–H and O–H groups in total. The van der Waals surface area contributed by atoms with Crippen molar-refractivity contribution < 1.29 is 30.3 Å². The number of allylic oxidation sites excluding steroid dienone is 1. The van der Waals surface area contributed by atoms with Gasteiger partial charge in [-0.2, -0.15) is 0 Å². The van der Waals surface area contributed by atoms with Crippen LogP contribution in [0.3, 0.4) is 0 Å². The molecule has 0 unspecified atom stereocenters. The topological polar surface area (TPSA) is 144 Å². The number of aryl methyl sites for hydroxylation is 1. The van der Waals surface area contributed by atoms with Gasteiger partial charge in [-0.05, 0) is 123 Å². The van der Waals surface area contributed by atoms with Crippen molar-refractivity contribution in [2.24, 2.45) is 41.2 Å². The second-order valence-corrected chi connectivity index (χ2v) is 17.3. The Morgan fingerprint density at radius 1 is 0.900 bits per heavy atom. The van der Waals surface area contributed by atoms with Gasteiger partial charge in [0.15, 0.2) is 0 Å². The molecule has 2 aromatic rings. The van der Waals surface area contributed by atoms with Crippen molar-refractivity contribution in [3.8, 4) is 0 Å². The summed E-state index contributed by atoms with van der Waals surface area (Å²) in [7, 11) is 3.75. The van der Waals surface area contributed by atoms with Crippen molar-refractivity contribution in [2.45, 2.75) is 115 Å². The SMILES string of the molecule is C[C@H](O)[C@H](C(=O)O)[C@H]1CCc2ccccc2CSSC[C@H](Cc2cccc(CO)c2)[C@H](CC=C[C@H](O)[C@H](O)C2CCCCC2)CC[C@@H]1CCN. The predicted octanol–water partition coefficient (Wildman–Crippen LogP) is 7.17. The smallest absolute Gasteiger partial charge is 0.309 e. The van der Waals surface area contributed by atoms with E-state index in [9.17, 15) is 30.3 Å². The zero-order valence-corrected chi connectivity index (χ0v) is 31.5. The van der Waals surface area contributed by atoms with E-state index in [1.165, 1.54) is 23.1 Å². The van der Waals surface area contributed by atoms with Crippen LogP contribution in [0.15, 0.2) is 60.7 Å². The summed E-state index contributed by atoms with van der Waals surface area (Å²) in [5, 5.41) is 53.0. The molecular formula is C41H61NO6S2. The summed E-state index contributed by atoms with van der Waals surface area (Å²) >= 11 is 0. The Hall–Kier alpha value is -1.85. The Labute approximate surface area is 307 Å². The Bertz CT molecular complexity index is 1320. The van der Waals surface area contributed by atoms with Gasteiger partial charge in [0.2, 0.25) is 0 Å². The van der Waals surface area contributed by atoms with Crippen molar-refractivity contribution in [3.63, 3.8) is 0 Å². The molecule has 0 bridgehead atoms. The number of hydrogen-bond acceptors (Lipinski definition) is 8. The van der Waals surface area contributed by atoms with Crippen molar-refractivity contribution >= 4 is 27.6 Å². The third-order valence-electron chi connectivity index (χ3n) is 11.4. The van der Waals surface area contributed by atoms with Crippen molar-refractivity contribution in [2.75, 3.05) is 12.3 Å². The van der Waals surface area contributed by atoms with Gasteiger partial charge < -0.3 is 31.3 Å². The highest BCUT2D eigenvalue weighted by Crippen LogP contribution is 2.40. The minimum atomic E-state index is -0.985. The fourth-order valence-electron chi connectivity index (χ4n) is 8.50. The monoisotopic (exact) mass is 727 g/mol. The number of hydrogen-bond donors (Lipinski definition) is 6. The quantitative estimate of drug-likeness (QED) is 0.0935. The van der Waals surface area contributed by atoms with Crippen LogP contribution in [-0.2, 0) is 30.0 Å². The Morgan fingerprint density at radius 2 is 1.62 bits per heavy atom. The summed E-state index contributed by atoms with van der Waals surface area (Å²) in [4.78, 5) is 12.7. The van der Waals surface area contributed by atoms with Crippen LogP contribution in [0.25, 0.3) is 0 Å². The molecule has 1 saturated carbocycles. The first-order valence-corrected chi connectivity index (χ1v) is 21.3. The van der Waals surface area contributed by atoms with Crippen LogP contribution in [0.5, 0.6) is 0 Å². The molecule has 8 atom stereocenters. The van der Waals surface area contributed by atoms with Gasteiger partial charge in [0.1, 0.15) is 0 Å². The maximum absolute atomic E-state index is 12.7. The van der Waals surface area contributed by atoms with Gasteiger partial charge in [0, 0.05) is 11.5 Å². The van der Waals surface area contributed by atoms with Crippen molar-refractivity contribution in [1.29, 1.82) is 0 Å². The Kier molecular flexibility index (Phi) is 17.7. The fourth-order valence-corrected chi connectivity index (χ4v) is 11.1. The molecule has 9 heteroatoms. The maximum Gasteiger partial charge on any atom is 0.309 e. The lowest BCUT2D eigenvalue weighted by Gasteiger charge is -2.35. The first kappa shape index (κ1) is 40.9. The molecule has 7 nitrogen and oxygen atoms in total. The van der Waals surface area contributed by atoms with Gasteiger partial charge in [-0.3, -0.25) is 4.79 Å². The highest BCUT2D eigenvalue weighted by atomic mass is 33.1. The largest absolute Gasteiger partial charge is 0.481 e. The van der Waals surface area contributed by atoms with Gasteiger partial charge in [-0.1, -0.05) is 102 Å². The Morgan fingerprint density at radius 3 is 2.32 bits per heavy atom. The van der Waals surface area contributed by atoms with Crippen LogP contribution in [0.1, 0.15) is 93.4 Å². The van der Waals surface area contributed by atoms with Crippen LogP contribution < -0.4 is 5.73 Å². The summed E-state index contributed by atoms with van der Waals surface area (Å²) < 4.78 is 0. The molecule has 0 aromatic heterocycles. The van der Waals surface area contributed by atoms with E-state index in [0.29, 0.717) is 19.4 Å². The lowest BCUT2D eigenvalue weighted by molar-refractivity contribution is -0.149. The van der Waals surface area contributed by atoms with Gasteiger partial charge >= 0.3 is 5.97 Å². The van der Waals surface area contributed by atoms with E-state index in [-0.39, 0.29) is 36.2 Å². The number of aliphatic hydroxyl groups is 4. The van der Waals surface area contributed by atoms with Crippen LogP contribution in [0.2, 0.25) is 0 Å². The molecular weight excluding hydrogens is 667 g/mol. The number of carboxylic acid groups (broad SMARTS) is 1. The van der Waals surface area contributed by atoms with Crippen LogP contribution in [0.4, 0.5) is 0 Å². The number of benzene rings is 2. The first-order chi connectivity index (χ1) is 24.2. The Balaban J connectivity index is 1.67. The van der Waals surface area contributed by atoms with E-state index < -0.39 is 30.2 Å². The van der Waals surface area contributed by atoms with Gasteiger partial charge in [-0.15, -0.1) is 0 Å². The molecule has 1 aliphatic carbocycles. The average Bonchev–Trinajstić information content (AvgIpc) is 3.12. The molecule has 4 rings (SSSR count). The summed E-state index contributed by atoms with van der Waals surface area (Å²) in [6.45, 7) is 2.04. The number of carbonyl (C=O) groups is 1. The third-order valence-corrected chi connectivity index (χ3v) is 13.8. The van der Waals surface area contributed by atoms with Gasteiger partial charge in [0.25, 0.3) is 0 Å². The van der Waals surface area contributed by atoms with E-state index >= 15 is 0 Å².